The molecule has 0 aromatic carbocycles. The van der Waals surface area contributed by atoms with E-state index in [0.29, 0.717) is 12.3 Å². The Morgan fingerprint density at radius 1 is 1.56 bits per heavy atom. The minimum atomic E-state index is -0.405. The first-order valence-corrected chi connectivity index (χ1v) is 5.99. The monoisotopic (exact) mass is 227 g/mol. The average Bonchev–Trinajstić information content (AvgIpc) is 2.48. The van der Waals surface area contributed by atoms with E-state index in [4.69, 9.17) is 5.73 Å². The SMILES string of the molecule is CN1CCC(CN(C)C(=O)CC(C)(C)N)C1. The van der Waals surface area contributed by atoms with Crippen LogP contribution in [0.2, 0.25) is 0 Å². The Kier molecular flexibility index (Phi) is 4.33. The molecule has 0 bridgehead atoms. The third-order valence-electron chi connectivity index (χ3n) is 3.05. The van der Waals surface area contributed by atoms with Gasteiger partial charge in [-0.25, -0.2) is 0 Å². The molecule has 0 aromatic heterocycles. The summed E-state index contributed by atoms with van der Waals surface area (Å²) in [5.74, 6) is 0.780. The highest BCUT2D eigenvalue weighted by Crippen LogP contribution is 2.16. The summed E-state index contributed by atoms with van der Waals surface area (Å²) in [7, 11) is 4.01. The Balaban J connectivity index is 2.34. The molecule has 0 aliphatic carbocycles. The Bertz CT molecular complexity index is 247. The van der Waals surface area contributed by atoms with Crippen LogP contribution in [0.3, 0.4) is 0 Å². The lowest BCUT2D eigenvalue weighted by atomic mass is 10.0. The average molecular weight is 227 g/mol. The van der Waals surface area contributed by atoms with E-state index in [1.165, 1.54) is 6.42 Å². The van der Waals surface area contributed by atoms with Gasteiger partial charge in [-0.05, 0) is 39.8 Å². The van der Waals surface area contributed by atoms with Crippen molar-refractivity contribution in [3.63, 3.8) is 0 Å². The van der Waals surface area contributed by atoms with Gasteiger partial charge in [0.25, 0.3) is 0 Å². The zero-order valence-electron chi connectivity index (χ0n) is 11.0. The minimum absolute atomic E-state index is 0.155. The number of nitrogens with zero attached hydrogens (tertiary/aromatic N) is 2. The summed E-state index contributed by atoms with van der Waals surface area (Å²) >= 11 is 0. The highest BCUT2D eigenvalue weighted by molar-refractivity contribution is 5.77. The summed E-state index contributed by atoms with van der Waals surface area (Å²) in [5, 5.41) is 0. The van der Waals surface area contributed by atoms with Crippen LogP contribution in [0.5, 0.6) is 0 Å². The lowest BCUT2D eigenvalue weighted by Gasteiger charge is -2.25. The third-order valence-corrected chi connectivity index (χ3v) is 3.05. The molecule has 4 heteroatoms. The van der Waals surface area contributed by atoms with Crippen LogP contribution in [0.1, 0.15) is 26.7 Å². The van der Waals surface area contributed by atoms with E-state index in [2.05, 4.69) is 11.9 Å². The maximum atomic E-state index is 11.9. The van der Waals surface area contributed by atoms with E-state index in [1.807, 2.05) is 25.8 Å². The summed E-state index contributed by atoms with van der Waals surface area (Å²) < 4.78 is 0. The van der Waals surface area contributed by atoms with Crippen molar-refractivity contribution in [3.05, 3.63) is 0 Å². The maximum Gasteiger partial charge on any atom is 0.224 e. The van der Waals surface area contributed by atoms with Gasteiger partial charge in [0.15, 0.2) is 0 Å². The van der Waals surface area contributed by atoms with Crippen LogP contribution in [-0.2, 0) is 4.79 Å². The van der Waals surface area contributed by atoms with Crippen molar-refractivity contribution in [1.82, 2.24) is 9.80 Å². The molecule has 1 aliphatic heterocycles. The molecule has 2 N–H and O–H groups in total. The zero-order chi connectivity index (χ0) is 12.3. The lowest BCUT2D eigenvalue weighted by Crippen LogP contribution is -2.41. The topological polar surface area (TPSA) is 49.6 Å². The van der Waals surface area contributed by atoms with E-state index >= 15 is 0 Å². The number of nitrogens with two attached hydrogens (primary N) is 1. The first-order chi connectivity index (χ1) is 7.28. The van der Waals surface area contributed by atoms with Crippen molar-refractivity contribution in [1.29, 1.82) is 0 Å². The molecule has 0 aromatic rings. The molecule has 1 fully saturated rings. The maximum absolute atomic E-state index is 11.9. The molecule has 0 saturated carbocycles. The fourth-order valence-corrected chi connectivity index (χ4v) is 2.19. The summed E-state index contributed by atoms with van der Waals surface area (Å²) in [6, 6.07) is 0. The Morgan fingerprint density at radius 3 is 2.62 bits per heavy atom. The van der Waals surface area contributed by atoms with Gasteiger partial charge in [0.1, 0.15) is 0 Å². The van der Waals surface area contributed by atoms with Crippen LogP contribution in [0.25, 0.3) is 0 Å². The fourth-order valence-electron chi connectivity index (χ4n) is 2.19. The van der Waals surface area contributed by atoms with Crippen molar-refractivity contribution in [2.24, 2.45) is 11.7 Å². The van der Waals surface area contributed by atoms with Crippen LogP contribution >= 0.6 is 0 Å². The van der Waals surface area contributed by atoms with E-state index in [1.54, 1.807) is 0 Å². The molecular formula is C12H25N3O. The largest absolute Gasteiger partial charge is 0.345 e. The predicted octanol–water partition coefficient (Wildman–Crippen LogP) is 0.524. The quantitative estimate of drug-likeness (QED) is 0.762. The normalized spacial score (nSPS) is 22.4. The molecule has 94 valence electrons. The van der Waals surface area contributed by atoms with Crippen LogP contribution < -0.4 is 5.73 Å². The third kappa shape index (κ3) is 4.49. The van der Waals surface area contributed by atoms with Gasteiger partial charge in [-0.1, -0.05) is 0 Å². The second-order valence-electron chi connectivity index (χ2n) is 5.86. The molecule has 1 heterocycles. The lowest BCUT2D eigenvalue weighted by molar-refractivity contribution is -0.131. The number of carbonyl (C=O) groups excluding carboxylic acids is 1. The van der Waals surface area contributed by atoms with E-state index in [9.17, 15) is 4.79 Å². The number of carbonyl (C=O) groups is 1. The standard InChI is InChI=1S/C12H25N3O/c1-12(2,13)7-11(16)15(4)9-10-5-6-14(3)8-10/h10H,5-9,13H2,1-4H3. The van der Waals surface area contributed by atoms with Gasteiger partial charge in [0.05, 0.1) is 0 Å². The van der Waals surface area contributed by atoms with Gasteiger partial charge in [0, 0.05) is 32.1 Å². The number of likely N-dealkylation sites (tertiary alicyclic amines) is 1. The van der Waals surface area contributed by atoms with Crippen molar-refractivity contribution in [2.75, 3.05) is 33.7 Å². The van der Waals surface area contributed by atoms with Gasteiger partial charge >= 0.3 is 0 Å². The zero-order valence-corrected chi connectivity index (χ0v) is 11.0. The molecular weight excluding hydrogens is 202 g/mol. The number of rotatable bonds is 4. The summed E-state index contributed by atoms with van der Waals surface area (Å²) in [5.41, 5.74) is 5.44. The second kappa shape index (κ2) is 5.15. The smallest absolute Gasteiger partial charge is 0.224 e. The van der Waals surface area contributed by atoms with Crippen LogP contribution in [0, 0.1) is 5.92 Å². The Labute approximate surface area is 98.8 Å². The number of hydrogen-bond donors (Lipinski definition) is 1. The molecule has 1 saturated heterocycles. The van der Waals surface area contributed by atoms with Gasteiger partial charge < -0.3 is 15.5 Å². The van der Waals surface area contributed by atoms with Crippen molar-refractivity contribution in [2.45, 2.75) is 32.2 Å². The molecule has 16 heavy (non-hydrogen) atoms. The highest BCUT2D eigenvalue weighted by atomic mass is 16.2. The molecule has 1 unspecified atom stereocenters. The fraction of sp³-hybridized carbons (Fsp3) is 0.917. The van der Waals surface area contributed by atoms with Gasteiger partial charge in [0.2, 0.25) is 5.91 Å². The van der Waals surface area contributed by atoms with Crippen LogP contribution in [0.15, 0.2) is 0 Å². The predicted molar refractivity (Wildman–Crippen MR) is 66.1 cm³/mol. The van der Waals surface area contributed by atoms with Crippen LogP contribution in [0.4, 0.5) is 0 Å². The molecule has 0 spiro atoms. The van der Waals surface area contributed by atoms with E-state index in [-0.39, 0.29) is 5.91 Å². The number of hydrogen-bond acceptors (Lipinski definition) is 3. The van der Waals surface area contributed by atoms with Crippen molar-refractivity contribution >= 4 is 5.91 Å². The number of amides is 1. The van der Waals surface area contributed by atoms with Gasteiger partial charge in [-0.3, -0.25) is 4.79 Å². The second-order valence-corrected chi connectivity index (χ2v) is 5.86. The van der Waals surface area contributed by atoms with E-state index in [0.717, 1.165) is 19.6 Å². The molecule has 1 amide bonds. The van der Waals surface area contributed by atoms with Gasteiger partial charge in [-0.15, -0.1) is 0 Å². The first kappa shape index (κ1) is 13.5. The Morgan fingerprint density at radius 2 is 2.19 bits per heavy atom. The summed E-state index contributed by atoms with van der Waals surface area (Å²) in [6.07, 6.45) is 1.62. The molecule has 1 rings (SSSR count). The minimum Gasteiger partial charge on any atom is -0.345 e. The van der Waals surface area contributed by atoms with Gasteiger partial charge in [-0.2, -0.15) is 0 Å². The molecule has 1 aliphatic rings. The van der Waals surface area contributed by atoms with E-state index < -0.39 is 5.54 Å². The Hall–Kier alpha value is -0.610. The molecule has 0 radical (unpaired) electrons. The highest BCUT2D eigenvalue weighted by Gasteiger charge is 2.24. The van der Waals surface area contributed by atoms with Crippen molar-refractivity contribution in [3.8, 4) is 0 Å². The molecule has 4 nitrogen and oxygen atoms in total. The summed E-state index contributed by atoms with van der Waals surface area (Å²) in [6.45, 7) is 6.89. The molecule has 1 atom stereocenters. The first-order valence-electron chi connectivity index (χ1n) is 5.99. The summed E-state index contributed by atoms with van der Waals surface area (Å²) in [4.78, 5) is 16.0. The van der Waals surface area contributed by atoms with Crippen LogP contribution in [-0.4, -0.2) is 55.0 Å². The van der Waals surface area contributed by atoms with Crippen molar-refractivity contribution < 1.29 is 4.79 Å².